The summed E-state index contributed by atoms with van der Waals surface area (Å²) in [6.07, 6.45) is 1.19. The average Bonchev–Trinajstić information content (AvgIpc) is 2.17. The van der Waals surface area contributed by atoms with Crippen LogP contribution in [0.25, 0.3) is 5.70 Å². The van der Waals surface area contributed by atoms with E-state index < -0.39 is 5.97 Å². The SMILES string of the molecule is CCOC(=O)C=C(N)c1ccc(Cl)cc1Cl. The minimum Gasteiger partial charge on any atom is -0.463 e. The molecule has 0 aromatic heterocycles. The highest BCUT2D eigenvalue weighted by atomic mass is 35.5. The summed E-state index contributed by atoms with van der Waals surface area (Å²) >= 11 is 11.7. The Hall–Kier alpha value is -1.19. The van der Waals surface area contributed by atoms with Gasteiger partial charge in [0.1, 0.15) is 0 Å². The molecule has 0 amide bonds. The van der Waals surface area contributed by atoms with E-state index in [2.05, 4.69) is 0 Å². The third-order valence-electron chi connectivity index (χ3n) is 1.80. The van der Waals surface area contributed by atoms with Crippen LogP contribution in [0.15, 0.2) is 24.3 Å². The fourth-order valence-corrected chi connectivity index (χ4v) is 1.63. The van der Waals surface area contributed by atoms with Gasteiger partial charge < -0.3 is 10.5 Å². The molecule has 0 radical (unpaired) electrons. The van der Waals surface area contributed by atoms with Crippen LogP contribution < -0.4 is 5.73 Å². The van der Waals surface area contributed by atoms with E-state index in [1.54, 1.807) is 25.1 Å². The summed E-state index contributed by atoms with van der Waals surface area (Å²) in [5.74, 6) is -0.494. The molecule has 0 saturated carbocycles. The molecule has 0 bridgehead atoms. The molecular formula is C11H11Cl2NO2. The lowest BCUT2D eigenvalue weighted by Crippen LogP contribution is -2.05. The molecule has 16 heavy (non-hydrogen) atoms. The molecular weight excluding hydrogens is 249 g/mol. The molecule has 0 fully saturated rings. The number of carbonyl (C=O) groups is 1. The summed E-state index contributed by atoms with van der Waals surface area (Å²) in [4.78, 5) is 11.2. The average molecular weight is 260 g/mol. The van der Waals surface area contributed by atoms with Crippen molar-refractivity contribution in [3.8, 4) is 0 Å². The molecule has 0 aliphatic heterocycles. The maximum atomic E-state index is 11.2. The molecule has 0 aliphatic rings. The highest BCUT2D eigenvalue weighted by Gasteiger charge is 2.06. The molecule has 5 heteroatoms. The van der Waals surface area contributed by atoms with Gasteiger partial charge in [-0.1, -0.05) is 23.2 Å². The van der Waals surface area contributed by atoms with Crippen molar-refractivity contribution >= 4 is 34.9 Å². The van der Waals surface area contributed by atoms with Crippen LogP contribution in [-0.2, 0) is 9.53 Å². The van der Waals surface area contributed by atoms with Crippen LogP contribution in [0.1, 0.15) is 12.5 Å². The van der Waals surface area contributed by atoms with Crippen molar-refractivity contribution in [3.63, 3.8) is 0 Å². The van der Waals surface area contributed by atoms with Gasteiger partial charge in [-0.2, -0.15) is 0 Å². The summed E-state index contributed by atoms with van der Waals surface area (Å²) in [7, 11) is 0. The van der Waals surface area contributed by atoms with Crippen LogP contribution in [0.5, 0.6) is 0 Å². The number of nitrogens with two attached hydrogens (primary N) is 1. The minimum absolute atomic E-state index is 0.250. The first-order chi connectivity index (χ1) is 7.54. The molecule has 0 spiro atoms. The van der Waals surface area contributed by atoms with Gasteiger partial charge in [0.2, 0.25) is 0 Å². The van der Waals surface area contributed by atoms with Crippen molar-refractivity contribution in [2.75, 3.05) is 6.61 Å². The Balaban J connectivity index is 2.96. The first-order valence-corrected chi connectivity index (χ1v) is 5.39. The van der Waals surface area contributed by atoms with Crippen LogP contribution in [0.2, 0.25) is 10.0 Å². The van der Waals surface area contributed by atoms with E-state index >= 15 is 0 Å². The van der Waals surface area contributed by atoms with Gasteiger partial charge in [-0.25, -0.2) is 4.79 Å². The van der Waals surface area contributed by atoms with Gasteiger partial charge in [0, 0.05) is 22.4 Å². The number of carbonyl (C=O) groups excluding carboxylic acids is 1. The largest absolute Gasteiger partial charge is 0.463 e. The van der Waals surface area contributed by atoms with E-state index in [0.29, 0.717) is 22.2 Å². The Morgan fingerprint density at radius 1 is 1.50 bits per heavy atom. The quantitative estimate of drug-likeness (QED) is 0.671. The van der Waals surface area contributed by atoms with Crippen molar-refractivity contribution in [2.24, 2.45) is 5.73 Å². The highest BCUT2D eigenvalue weighted by Crippen LogP contribution is 2.24. The Labute approximate surface area is 104 Å². The smallest absolute Gasteiger partial charge is 0.332 e. The first kappa shape index (κ1) is 12.9. The van der Waals surface area contributed by atoms with E-state index in [0.717, 1.165) is 0 Å². The second-order valence-electron chi connectivity index (χ2n) is 2.98. The van der Waals surface area contributed by atoms with Crippen LogP contribution in [0.3, 0.4) is 0 Å². The highest BCUT2D eigenvalue weighted by molar-refractivity contribution is 6.35. The van der Waals surface area contributed by atoms with Gasteiger partial charge >= 0.3 is 5.97 Å². The molecule has 0 aliphatic carbocycles. The third-order valence-corrected chi connectivity index (χ3v) is 2.35. The first-order valence-electron chi connectivity index (χ1n) is 4.64. The number of ether oxygens (including phenoxy) is 1. The van der Waals surface area contributed by atoms with Crippen molar-refractivity contribution in [3.05, 3.63) is 39.9 Å². The summed E-state index contributed by atoms with van der Waals surface area (Å²) in [6.45, 7) is 2.02. The van der Waals surface area contributed by atoms with Crippen molar-refractivity contribution in [1.29, 1.82) is 0 Å². The number of hydrogen-bond acceptors (Lipinski definition) is 3. The fraction of sp³-hybridized carbons (Fsp3) is 0.182. The molecule has 0 saturated heterocycles. The number of hydrogen-bond donors (Lipinski definition) is 1. The van der Waals surface area contributed by atoms with Gasteiger partial charge in [-0.15, -0.1) is 0 Å². The zero-order valence-electron chi connectivity index (χ0n) is 8.67. The van der Waals surface area contributed by atoms with Gasteiger partial charge in [-0.3, -0.25) is 0 Å². The Morgan fingerprint density at radius 3 is 2.75 bits per heavy atom. The van der Waals surface area contributed by atoms with E-state index in [9.17, 15) is 4.79 Å². The Kier molecular flexibility index (Phi) is 4.65. The van der Waals surface area contributed by atoms with Gasteiger partial charge in [0.15, 0.2) is 0 Å². The monoisotopic (exact) mass is 259 g/mol. The lowest BCUT2D eigenvalue weighted by Gasteiger charge is -2.04. The number of rotatable bonds is 3. The van der Waals surface area contributed by atoms with Gasteiger partial charge in [0.25, 0.3) is 0 Å². The van der Waals surface area contributed by atoms with Crippen molar-refractivity contribution in [1.82, 2.24) is 0 Å². The maximum Gasteiger partial charge on any atom is 0.332 e. The zero-order chi connectivity index (χ0) is 12.1. The van der Waals surface area contributed by atoms with Crippen molar-refractivity contribution in [2.45, 2.75) is 6.92 Å². The lowest BCUT2D eigenvalue weighted by atomic mass is 10.1. The van der Waals surface area contributed by atoms with Crippen LogP contribution >= 0.6 is 23.2 Å². The number of esters is 1. The molecule has 1 rings (SSSR count). The fourth-order valence-electron chi connectivity index (χ4n) is 1.11. The number of benzene rings is 1. The Bertz CT molecular complexity index is 430. The van der Waals surface area contributed by atoms with Crippen LogP contribution in [0.4, 0.5) is 0 Å². The molecule has 0 unspecified atom stereocenters. The van der Waals surface area contributed by atoms with Crippen LogP contribution in [0, 0.1) is 0 Å². The second-order valence-corrected chi connectivity index (χ2v) is 3.82. The third kappa shape index (κ3) is 3.43. The molecule has 86 valence electrons. The summed E-state index contributed by atoms with van der Waals surface area (Å²) in [5.41, 5.74) is 6.51. The number of halogens is 2. The molecule has 1 aromatic carbocycles. The van der Waals surface area contributed by atoms with Gasteiger partial charge in [-0.05, 0) is 25.1 Å². The predicted octanol–water partition coefficient (Wildman–Crippen LogP) is 2.86. The Morgan fingerprint density at radius 2 is 2.19 bits per heavy atom. The standard InChI is InChI=1S/C11H11Cl2NO2/c1-2-16-11(15)6-10(14)8-4-3-7(12)5-9(8)13/h3-6H,2,14H2,1H3. The minimum atomic E-state index is -0.494. The molecule has 1 aromatic rings. The molecule has 2 N–H and O–H groups in total. The predicted molar refractivity (Wildman–Crippen MR) is 65.3 cm³/mol. The lowest BCUT2D eigenvalue weighted by molar-refractivity contribution is -0.137. The molecule has 0 atom stereocenters. The van der Waals surface area contributed by atoms with Gasteiger partial charge in [0.05, 0.1) is 11.6 Å². The summed E-state index contributed by atoms with van der Waals surface area (Å²) < 4.78 is 4.73. The summed E-state index contributed by atoms with van der Waals surface area (Å²) in [6, 6.07) is 4.86. The van der Waals surface area contributed by atoms with Crippen molar-refractivity contribution < 1.29 is 9.53 Å². The normalized spacial score (nSPS) is 11.3. The summed E-state index contributed by atoms with van der Waals surface area (Å²) in [5, 5.41) is 0.906. The zero-order valence-corrected chi connectivity index (χ0v) is 10.2. The topological polar surface area (TPSA) is 52.3 Å². The van der Waals surface area contributed by atoms with E-state index in [4.69, 9.17) is 33.7 Å². The van der Waals surface area contributed by atoms with E-state index in [-0.39, 0.29) is 5.70 Å². The van der Waals surface area contributed by atoms with Crippen LogP contribution in [-0.4, -0.2) is 12.6 Å². The molecule has 0 heterocycles. The van der Waals surface area contributed by atoms with E-state index in [1.165, 1.54) is 6.08 Å². The second kappa shape index (κ2) is 5.77. The molecule has 3 nitrogen and oxygen atoms in total. The van der Waals surface area contributed by atoms with E-state index in [1.807, 2.05) is 0 Å². The maximum absolute atomic E-state index is 11.2.